The standard InChI is InChI=1S/C45H41N5/c1-28-7-11-32(12-8-28)44-38-23-24-39(46-38)45(33-13-9-29(2)10-14-33)43-26-37(31-17-21-35(22-18-31)50(5)6)41(48-43)27-40-36(25-42(44)47-40)30-15-19-34(20-16-30)49(3)4/h7-27,47-48H,1-6H3. The number of aromatic amines is 2. The number of aryl methyl sites for hydroxylation is 2. The highest BCUT2D eigenvalue weighted by Gasteiger charge is 2.18. The second-order valence-electron chi connectivity index (χ2n) is 13.7. The van der Waals surface area contributed by atoms with Crippen LogP contribution in [0.1, 0.15) is 22.5 Å². The summed E-state index contributed by atoms with van der Waals surface area (Å²) in [5.74, 6) is 0. The molecule has 8 rings (SSSR count). The predicted molar refractivity (Wildman–Crippen MR) is 214 cm³/mol. The molecule has 0 unspecified atom stereocenters. The summed E-state index contributed by atoms with van der Waals surface area (Å²) in [7, 11) is 8.30. The first-order chi connectivity index (χ1) is 24.2. The zero-order valence-corrected chi connectivity index (χ0v) is 29.5. The van der Waals surface area contributed by atoms with E-state index in [1.54, 1.807) is 0 Å². The molecule has 0 fully saturated rings. The molecule has 2 N–H and O–H groups in total. The van der Waals surface area contributed by atoms with Crippen LogP contribution in [0.2, 0.25) is 0 Å². The van der Waals surface area contributed by atoms with Gasteiger partial charge >= 0.3 is 0 Å². The molecule has 0 amide bonds. The molecule has 4 heterocycles. The lowest BCUT2D eigenvalue weighted by Crippen LogP contribution is -2.07. The topological polar surface area (TPSA) is 51.0 Å². The highest BCUT2D eigenvalue weighted by molar-refractivity contribution is 6.01. The van der Waals surface area contributed by atoms with Gasteiger partial charge in [-0.05, 0) is 90.7 Å². The first kappa shape index (κ1) is 31.2. The van der Waals surface area contributed by atoms with Crippen LogP contribution in [-0.2, 0) is 0 Å². The number of hydrogen-bond acceptors (Lipinski definition) is 3. The van der Waals surface area contributed by atoms with Gasteiger partial charge in [-0.25, -0.2) is 4.98 Å². The number of H-pyrrole nitrogens is 2. The minimum Gasteiger partial charge on any atom is -0.378 e. The van der Waals surface area contributed by atoms with Gasteiger partial charge in [0.1, 0.15) is 0 Å². The van der Waals surface area contributed by atoms with Gasteiger partial charge in [-0.2, -0.15) is 0 Å². The van der Waals surface area contributed by atoms with E-state index in [1.807, 2.05) is 0 Å². The van der Waals surface area contributed by atoms with Gasteiger partial charge < -0.3 is 19.8 Å². The molecule has 0 saturated heterocycles. The molecule has 0 radical (unpaired) electrons. The summed E-state index contributed by atoms with van der Waals surface area (Å²) in [4.78, 5) is 17.4. The summed E-state index contributed by atoms with van der Waals surface area (Å²) >= 11 is 0. The molecular weight excluding hydrogens is 611 g/mol. The van der Waals surface area contributed by atoms with Crippen molar-refractivity contribution in [3.63, 3.8) is 0 Å². The normalized spacial score (nSPS) is 11.7. The van der Waals surface area contributed by atoms with Crippen LogP contribution in [0.3, 0.4) is 0 Å². The second kappa shape index (κ2) is 12.4. The summed E-state index contributed by atoms with van der Waals surface area (Å²) in [6.45, 7) is 4.26. The van der Waals surface area contributed by atoms with Crippen molar-refractivity contribution in [2.75, 3.05) is 38.0 Å². The third-order valence-electron chi connectivity index (χ3n) is 9.75. The maximum atomic E-state index is 5.40. The Balaban J connectivity index is 1.51. The molecule has 1 aliphatic heterocycles. The number of fused-ring (bicyclic) bond motifs is 6. The summed E-state index contributed by atoms with van der Waals surface area (Å²) in [6.07, 6.45) is 4.33. The Labute approximate surface area is 293 Å². The van der Waals surface area contributed by atoms with Crippen LogP contribution in [-0.4, -0.2) is 43.1 Å². The molecule has 0 aliphatic carbocycles. The Morgan fingerprint density at radius 2 is 0.780 bits per heavy atom. The van der Waals surface area contributed by atoms with Gasteiger partial charge in [-0.15, -0.1) is 0 Å². The molecule has 0 saturated carbocycles. The molecule has 5 heteroatoms. The SMILES string of the molecule is Cc1ccc(-c2c3nc(c(-c4ccc(C)cc4)c4cc(-c5ccc(N(C)C)cc5)c(cc5[nH]c2cc5-c2ccc(N(C)C)cc2)[nH]4)C=C3)cc1. The number of anilines is 2. The molecule has 0 spiro atoms. The number of aromatic nitrogens is 3. The molecule has 5 nitrogen and oxygen atoms in total. The molecule has 3 aromatic heterocycles. The Morgan fingerprint density at radius 3 is 1.14 bits per heavy atom. The van der Waals surface area contributed by atoms with Crippen LogP contribution in [0.5, 0.6) is 0 Å². The van der Waals surface area contributed by atoms with Gasteiger partial charge in [0, 0.05) is 83.9 Å². The van der Waals surface area contributed by atoms with Gasteiger partial charge in [-0.1, -0.05) is 83.9 Å². The number of nitrogens with one attached hydrogen (secondary N) is 2. The van der Waals surface area contributed by atoms with Gasteiger partial charge in [0.25, 0.3) is 0 Å². The van der Waals surface area contributed by atoms with E-state index in [4.69, 9.17) is 4.98 Å². The molecule has 246 valence electrons. The zero-order valence-electron chi connectivity index (χ0n) is 29.5. The van der Waals surface area contributed by atoms with Crippen LogP contribution in [0.15, 0.2) is 115 Å². The monoisotopic (exact) mass is 651 g/mol. The Kier molecular flexibility index (Phi) is 7.76. The first-order valence-electron chi connectivity index (χ1n) is 17.1. The van der Waals surface area contributed by atoms with Crippen LogP contribution < -0.4 is 9.80 Å². The van der Waals surface area contributed by atoms with Crippen LogP contribution in [0.4, 0.5) is 11.4 Å². The van der Waals surface area contributed by atoms with Crippen molar-refractivity contribution in [2.45, 2.75) is 13.8 Å². The van der Waals surface area contributed by atoms with Crippen LogP contribution in [0, 0.1) is 13.8 Å². The fourth-order valence-electron chi connectivity index (χ4n) is 6.90. The number of hydrogen-bond donors (Lipinski definition) is 2. The highest BCUT2D eigenvalue weighted by atomic mass is 15.1. The summed E-state index contributed by atoms with van der Waals surface area (Å²) < 4.78 is 0. The van der Waals surface area contributed by atoms with Crippen molar-refractivity contribution in [1.82, 2.24) is 15.0 Å². The van der Waals surface area contributed by atoms with E-state index in [0.717, 1.165) is 89.3 Å². The third kappa shape index (κ3) is 5.71. The molecule has 4 aromatic carbocycles. The number of benzene rings is 4. The van der Waals surface area contributed by atoms with Crippen molar-refractivity contribution in [2.24, 2.45) is 0 Å². The van der Waals surface area contributed by atoms with E-state index in [2.05, 4.69) is 189 Å². The minimum atomic E-state index is 0.933. The first-order valence-corrected chi connectivity index (χ1v) is 17.1. The molecule has 7 aromatic rings. The largest absolute Gasteiger partial charge is 0.378 e. The lowest BCUT2D eigenvalue weighted by Gasteiger charge is -2.12. The van der Waals surface area contributed by atoms with Crippen molar-refractivity contribution in [3.8, 4) is 44.5 Å². The molecule has 50 heavy (non-hydrogen) atoms. The maximum Gasteiger partial charge on any atom is 0.0737 e. The van der Waals surface area contributed by atoms with E-state index in [1.165, 1.54) is 11.1 Å². The average Bonchev–Trinajstić information content (AvgIpc) is 3.87. The van der Waals surface area contributed by atoms with E-state index in [0.29, 0.717) is 0 Å². The van der Waals surface area contributed by atoms with Crippen molar-refractivity contribution >= 4 is 45.6 Å². The number of rotatable bonds is 6. The van der Waals surface area contributed by atoms with E-state index in [9.17, 15) is 0 Å². The van der Waals surface area contributed by atoms with Gasteiger partial charge in [0.2, 0.25) is 0 Å². The average molecular weight is 652 g/mol. The molecule has 1 aliphatic rings. The lowest BCUT2D eigenvalue weighted by molar-refractivity contribution is 1.13. The van der Waals surface area contributed by atoms with Gasteiger partial charge in [0.05, 0.1) is 11.4 Å². The van der Waals surface area contributed by atoms with E-state index < -0.39 is 0 Å². The van der Waals surface area contributed by atoms with Crippen molar-refractivity contribution in [3.05, 3.63) is 138 Å². The highest BCUT2D eigenvalue weighted by Crippen LogP contribution is 2.39. The Bertz CT molecular complexity index is 2290. The van der Waals surface area contributed by atoms with Crippen molar-refractivity contribution < 1.29 is 0 Å². The number of nitrogens with zero attached hydrogens (tertiary/aromatic N) is 3. The minimum absolute atomic E-state index is 0.933. The molecule has 0 atom stereocenters. The van der Waals surface area contributed by atoms with Gasteiger partial charge in [-0.3, -0.25) is 0 Å². The van der Waals surface area contributed by atoms with E-state index >= 15 is 0 Å². The predicted octanol–water partition coefficient (Wildman–Crippen LogP) is 11.1. The van der Waals surface area contributed by atoms with Crippen molar-refractivity contribution in [1.29, 1.82) is 0 Å². The smallest absolute Gasteiger partial charge is 0.0737 e. The van der Waals surface area contributed by atoms with Crippen LogP contribution in [0.25, 0.3) is 78.7 Å². The second-order valence-corrected chi connectivity index (χ2v) is 13.7. The quantitative estimate of drug-likeness (QED) is 0.188. The fourth-order valence-corrected chi connectivity index (χ4v) is 6.90. The summed E-state index contributed by atoms with van der Waals surface area (Å²) in [5, 5.41) is 0. The fraction of sp³-hybridized carbons (Fsp3) is 0.133. The summed E-state index contributed by atoms with van der Waals surface area (Å²) in [6, 6.07) is 42.0. The molecular formula is C45H41N5. The van der Waals surface area contributed by atoms with E-state index in [-0.39, 0.29) is 0 Å². The van der Waals surface area contributed by atoms with Crippen LogP contribution >= 0.6 is 0 Å². The van der Waals surface area contributed by atoms with Gasteiger partial charge in [0.15, 0.2) is 0 Å². The summed E-state index contributed by atoms with van der Waals surface area (Å²) in [5.41, 5.74) is 19.7. The maximum absolute atomic E-state index is 5.40. The Hall–Kier alpha value is -6.07. The Morgan fingerprint density at radius 1 is 0.420 bits per heavy atom. The zero-order chi connectivity index (χ0) is 34.5. The third-order valence-corrected chi connectivity index (χ3v) is 9.75. The lowest BCUT2D eigenvalue weighted by atomic mass is 10.0. The molecule has 6 bridgehead atoms.